The van der Waals surface area contributed by atoms with Crippen molar-refractivity contribution in [2.45, 2.75) is 6.92 Å². The number of anilines is 2. The van der Waals surface area contributed by atoms with Crippen LogP contribution in [0, 0.1) is 6.92 Å². The van der Waals surface area contributed by atoms with Crippen LogP contribution in [0.4, 0.5) is 16.2 Å². The number of nitrogens with zero attached hydrogens (tertiary/aromatic N) is 1. The molecule has 0 aliphatic rings. The lowest BCUT2D eigenvalue weighted by Gasteiger charge is -2.09. The van der Waals surface area contributed by atoms with E-state index in [4.69, 9.17) is 0 Å². The van der Waals surface area contributed by atoms with E-state index in [1.807, 2.05) is 48.7 Å². The van der Waals surface area contributed by atoms with Gasteiger partial charge in [0.15, 0.2) is 0 Å². The van der Waals surface area contributed by atoms with E-state index in [9.17, 15) is 9.59 Å². The van der Waals surface area contributed by atoms with Crippen molar-refractivity contribution < 1.29 is 9.59 Å². The van der Waals surface area contributed by atoms with Crippen molar-refractivity contribution in [2.24, 2.45) is 0 Å². The fourth-order valence-electron chi connectivity index (χ4n) is 2.36. The fraction of sp³-hybridized carbons (Fsp3) is 0.105. The van der Waals surface area contributed by atoms with Crippen molar-refractivity contribution in [1.29, 1.82) is 0 Å². The summed E-state index contributed by atoms with van der Waals surface area (Å²) in [5.74, 6) is -0.305. The number of thiazole rings is 1. The van der Waals surface area contributed by atoms with Crippen LogP contribution < -0.4 is 16.0 Å². The van der Waals surface area contributed by atoms with Gasteiger partial charge in [-0.25, -0.2) is 9.78 Å². The van der Waals surface area contributed by atoms with Gasteiger partial charge in [0.25, 0.3) is 0 Å². The summed E-state index contributed by atoms with van der Waals surface area (Å²) in [5.41, 5.74) is 3.31. The van der Waals surface area contributed by atoms with E-state index < -0.39 is 6.03 Å². The van der Waals surface area contributed by atoms with Gasteiger partial charge in [-0.05, 0) is 36.8 Å². The van der Waals surface area contributed by atoms with E-state index in [-0.39, 0.29) is 12.5 Å². The predicted octanol–water partition coefficient (Wildman–Crippen LogP) is 3.88. The molecule has 0 aliphatic heterocycles. The molecule has 3 N–H and O–H groups in total. The molecular weight excluding hydrogens is 348 g/mol. The maximum absolute atomic E-state index is 12.1. The topological polar surface area (TPSA) is 83.1 Å². The number of hydrogen-bond acceptors (Lipinski definition) is 4. The summed E-state index contributed by atoms with van der Waals surface area (Å²) in [6, 6.07) is 14.4. The molecule has 6 nitrogen and oxygen atoms in total. The van der Waals surface area contributed by atoms with Crippen LogP contribution in [-0.4, -0.2) is 23.5 Å². The summed E-state index contributed by atoms with van der Waals surface area (Å²) in [7, 11) is 0. The lowest BCUT2D eigenvalue weighted by molar-refractivity contribution is -0.115. The summed E-state index contributed by atoms with van der Waals surface area (Å²) in [4.78, 5) is 28.2. The molecule has 3 aromatic rings. The number of amides is 3. The zero-order chi connectivity index (χ0) is 18.4. The SMILES string of the molecule is Cc1cccc(NC(=O)NCC(=O)Nc2cccc(-c3nccs3)c2)c1. The highest BCUT2D eigenvalue weighted by Gasteiger charge is 2.08. The number of rotatable bonds is 5. The highest BCUT2D eigenvalue weighted by Crippen LogP contribution is 2.24. The molecule has 0 bridgehead atoms. The van der Waals surface area contributed by atoms with Gasteiger partial charge in [-0.15, -0.1) is 11.3 Å². The minimum absolute atomic E-state index is 0.126. The van der Waals surface area contributed by atoms with E-state index in [0.717, 1.165) is 16.1 Å². The summed E-state index contributed by atoms with van der Waals surface area (Å²) < 4.78 is 0. The monoisotopic (exact) mass is 366 g/mol. The van der Waals surface area contributed by atoms with E-state index in [2.05, 4.69) is 20.9 Å². The summed E-state index contributed by atoms with van der Waals surface area (Å²) >= 11 is 1.53. The third-order valence-electron chi connectivity index (χ3n) is 3.51. The minimum atomic E-state index is -0.428. The quantitative estimate of drug-likeness (QED) is 0.641. The first kappa shape index (κ1) is 17.6. The normalized spacial score (nSPS) is 10.2. The molecule has 1 heterocycles. The largest absolute Gasteiger partial charge is 0.329 e. The van der Waals surface area contributed by atoms with Gasteiger partial charge in [0.2, 0.25) is 5.91 Å². The Labute approximate surface area is 155 Å². The molecule has 132 valence electrons. The molecule has 0 unspecified atom stereocenters. The zero-order valence-corrected chi connectivity index (χ0v) is 15.0. The lowest BCUT2D eigenvalue weighted by atomic mass is 10.2. The molecular formula is C19H18N4O2S. The third-order valence-corrected chi connectivity index (χ3v) is 4.33. The van der Waals surface area contributed by atoms with Crippen LogP contribution in [0.3, 0.4) is 0 Å². The Kier molecular flexibility index (Phi) is 5.60. The number of aromatic nitrogens is 1. The molecule has 1 aromatic heterocycles. The highest BCUT2D eigenvalue weighted by atomic mass is 32.1. The second-order valence-corrected chi connectivity index (χ2v) is 6.54. The Balaban J connectivity index is 1.51. The van der Waals surface area contributed by atoms with Crippen LogP contribution in [0.1, 0.15) is 5.56 Å². The van der Waals surface area contributed by atoms with Crippen LogP contribution >= 0.6 is 11.3 Å². The minimum Gasteiger partial charge on any atom is -0.329 e. The first-order chi connectivity index (χ1) is 12.6. The fourth-order valence-corrected chi connectivity index (χ4v) is 3.00. The van der Waals surface area contributed by atoms with Crippen LogP contribution in [0.15, 0.2) is 60.1 Å². The number of hydrogen-bond donors (Lipinski definition) is 3. The Morgan fingerprint density at radius 1 is 1.04 bits per heavy atom. The molecule has 0 atom stereocenters. The van der Waals surface area contributed by atoms with E-state index >= 15 is 0 Å². The molecule has 0 saturated heterocycles. The van der Waals surface area contributed by atoms with Gasteiger partial charge in [-0.3, -0.25) is 4.79 Å². The summed E-state index contributed by atoms with van der Waals surface area (Å²) in [6.45, 7) is 1.81. The Bertz CT molecular complexity index is 909. The van der Waals surface area contributed by atoms with E-state index in [1.54, 1.807) is 18.3 Å². The van der Waals surface area contributed by atoms with Crippen molar-refractivity contribution in [2.75, 3.05) is 17.2 Å². The number of urea groups is 1. The van der Waals surface area contributed by atoms with Crippen LogP contribution in [-0.2, 0) is 4.79 Å². The molecule has 7 heteroatoms. The molecule has 2 aromatic carbocycles. The lowest BCUT2D eigenvalue weighted by Crippen LogP contribution is -2.35. The number of aryl methyl sites for hydroxylation is 1. The molecule has 0 radical (unpaired) electrons. The van der Waals surface area contributed by atoms with Gasteiger partial charge in [0.05, 0.1) is 6.54 Å². The Hall–Kier alpha value is -3.19. The number of benzene rings is 2. The molecule has 0 spiro atoms. The zero-order valence-electron chi connectivity index (χ0n) is 14.2. The van der Waals surface area contributed by atoms with Crippen molar-refractivity contribution >= 4 is 34.6 Å². The Morgan fingerprint density at radius 3 is 2.54 bits per heavy atom. The molecule has 26 heavy (non-hydrogen) atoms. The van der Waals surface area contributed by atoms with Gasteiger partial charge in [-0.1, -0.05) is 24.3 Å². The summed E-state index contributed by atoms with van der Waals surface area (Å²) in [6.07, 6.45) is 1.74. The Morgan fingerprint density at radius 2 is 1.81 bits per heavy atom. The molecule has 0 saturated carbocycles. The average molecular weight is 366 g/mol. The van der Waals surface area contributed by atoms with Crippen LogP contribution in [0.5, 0.6) is 0 Å². The van der Waals surface area contributed by atoms with Gasteiger partial charge >= 0.3 is 6.03 Å². The highest BCUT2D eigenvalue weighted by molar-refractivity contribution is 7.13. The second kappa shape index (κ2) is 8.26. The number of nitrogens with one attached hydrogen (secondary N) is 3. The molecule has 0 aliphatic carbocycles. The van der Waals surface area contributed by atoms with Gasteiger partial charge in [-0.2, -0.15) is 0 Å². The first-order valence-electron chi connectivity index (χ1n) is 8.01. The number of carbonyl (C=O) groups excluding carboxylic acids is 2. The first-order valence-corrected chi connectivity index (χ1v) is 8.89. The van der Waals surface area contributed by atoms with E-state index in [0.29, 0.717) is 11.4 Å². The molecule has 3 amide bonds. The molecule has 0 fully saturated rings. The maximum atomic E-state index is 12.1. The predicted molar refractivity (Wildman–Crippen MR) is 104 cm³/mol. The van der Waals surface area contributed by atoms with E-state index in [1.165, 1.54) is 11.3 Å². The van der Waals surface area contributed by atoms with Crippen LogP contribution in [0.25, 0.3) is 10.6 Å². The van der Waals surface area contributed by atoms with Gasteiger partial charge in [0.1, 0.15) is 5.01 Å². The van der Waals surface area contributed by atoms with Crippen molar-refractivity contribution in [3.8, 4) is 10.6 Å². The van der Waals surface area contributed by atoms with Gasteiger partial charge in [0, 0.05) is 28.5 Å². The number of carbonyl (C=O) groups is 2. The summed E-state index contributed by atoms with van der Waals surface area (Å²) in [5, 5.41) is 10.8. The smallest absolute Gasteiger partial charge is 0.319 e. The van der Waals surface area contributed by atoms with Crippen LogP contribution in [0.2, 0.25) is 0 Å². The average Bonchev–Trinajstić information content (AvgIpc) is 3.15. The second-order valence-electron chi connectivity index (χ2n) is 5.64. The van der Waals surface area contributed by atoms with Gasteiger partial charge < -0.3 is 16.0 Å². The molecule has 3 rings (SSSR count). The van der Waals surface area contributed by atoms with Crippen molar-refractivity contribution in [3.63, 3.8) is 0 Å². The third kappa shape index (κ3) is 4.90. The standard InChI is InChI=1S/C19H18N4O2S/c1-13-4-2-6-15(10-13)23-19(25)21-12-17(24)22-16-7-3-5-14(11-16)18-20-8-9-26-18/h2-11H,12H2,1H3,(H,22,24)(H2,21,23,25). The maximum Gasteiger partial charge on any atom is 0.319 e. The van der Waals surface area contributed by atoms with Crippen molar-refractivity contribution in [1.82, 2.24) is 10.3 Å². The van der Waals surface area contributed by atoms with Crippen molar-refractivity contribution in [3.05, 3.63) is 65.7 Å².